The van der Waals surface area contributed by atoms with Crippen LogP contribution in [0.25, 0.3) is 0 Å². The molecule has 2 aromatic rings. The number of aromatic nitrogens is 3. The van der Waals surface area contributed by atoms with Crippen molar-refractivity contribution in [2.24, 2.45) is 0 Å². The molecule has 31 heavy (non-hydrogen) atoms. The molecule has 0 aliphatic heterocycles. The maximum atomic E-state index is 12.8. The number of ether oxygens (including phenoxy) is 1. The van der Waals surface area contributed by atoms with Crippen molar-refractivity contribution in [2.75, 3.05) is 7.11 Å². The van der Waals surface area contributed by atoms with Crippen LogP contribution in [0.5, 0.6) is 5.88 Å². The lowest BCUT2D eigenvalue weighted by molar-refractivity contribution is -0.141. The molecule has 0 fully saturated rings. The van der Waals surface area contributed by atoms with Gasteiger partial charge in [0.1, 0.15) is 11.4 Å². The third-order valence-corrected chi connectivity index (χ3v) is 5.82. The zero-order valence-electron chi connectivity index (χ0n) is 16.6. The first-order valence-corrected chi connectivity index (χ1v) is 10.2. The van der Waals surface area contributed by atoms with Gasteiger partial charge >= 0.3 is 6.18 Å². The van der Waals surface area contributed by atoms with Crippen molar-refractivity contribution < 1.29 is 31.1 Å². The van der Waals surface area contributed by atoms with Gasteiger partial charge in [0.2, 0.25) is 15.9 Å². The molecule has 0 bridgehead atoms. The molecule has 1 amide bonds. The number of pyridine rings is 1. The number of rotatable bonds is 7. The Bertz CT molecular complexity index is 1110. The highest BCUT2D eigenvalue weighted by Gasteiger charge is 2.34. The zero-order chi connectivity index (χ0) is 23.6. The van der Waals surface area contributed by atoms with E-state index < -0.39 is 44.8 Å². The Morgan fingerprint density at radius 1 is 1.35 bits per heavy atom. The van der Waals surface area contributed by atoms with E-state index in [1.807, 2.05) is 4.72 Å². The van der Waals surface area contributed by atoms with E-state index in [2.05, 4.69) is 10.1 Å². The van der Waals surface area contributed by atoms with Crippen LogP contribution >= 0.6 is 0 Å². The second kappa shape index (κ2) is 8.83. The van der Waals surface area contributed by atoms with Crippen LogP contribution < -0.4 is 9.46 Å². The number of carbonyl (C=O) groups is 1. The Hall–Kier alpha value is -3.29. The molecule has 0 saturated heterocycles. The van der Waals surface area contributed by atoms with Gasteiger partial charge in [-0.1, -0.05) is 0 Å². The van der Waals surface area contributed by atoms with Crippen LogP contribution in [-0.4, -0.2) is 53.5 Å². The van der Waals surface area contributed by atoms with Crippen molar-refractivity contribution in [1.29, 1.82) is 10.8 Å². The molecule has 1 atom stereocenters. The van der Waals surface area contributed by atoms with E-state index in [0.29, 0.717) is 10.7 Å². The van der Waals surface area contributed by atoms with E-state index in [1.54, 1.807) is 0 Å². The highest BCUT2D eigenvalue weighted by Crippen LogP contribution is 2.28. The van der Waals surface area contributed by atoms with Crippen molar-refractivity contribution in [3.63, 3.8) is 0 Å². The fourth-order valence-corrected chi connectivity index (χ4v) is 2.95. The standard InChI is InChI=1S/C17H19F3N6O4S/c1-9(2)31(28,29)25-15(27)11-6-10(8-23-16(11)30-3)12(7-21)14(22)26-5-4-13(24-26)17(18,19)20/h4-9,12,21-22H,1-3H3,(H,25,27). The molecule has 0 aliphatic rings. The molecule has 2 heterocycles. The van der Waals surface area contributed by atoms with E-state index in [4.69, 9.17) is 15.6 Å². The normalized spacial score (nSPS) is 13.0. The van der Waals surface area contributed by atoms with E-state index in [-0.39, 0.29) is 17.0 Å². The molecule has 0 aromatic carbocycles. The third-order valence-electron chi connectivity index (χ3n) is 4.11. The Morgan fingerprint density at radius 2 is 2.00 bits per heavy atom. The molecular weight excluding hydrogens is 441 g/mol. The molecule has 3 N–H and O–H groups in total. The second-order valence-electron chi connectivity index (χ2n) is 6.52. The molecule has 2 aromatic heterocycles. The topological polar surface area (TPSA) is 151 Å². The smallest absolute Gasteiger partial charge is 0.435 e. The molecule has 0 spiro atoms. The number of nitrogens with zero attached hydrogens (tertiary/aromatic N) is 3. The van der Waals surface area contributed by atoms with Crippen molar-refractivity contribution >= 4 is 28.0 Å². The average molecular weight is 460 g/mol. The predicted molar refractivity (Wildman–Crippen MR) is 104 cm³/mol. The summed E-state index contributed by atoms with van der Waals surface area (Å²) < 4.78 is 69.8. The van der Waals surface area contributed by atoms with Crippen molar-refractivity contribution in [3.8, 4) is 5.88 Å². The molecule has 10 nitrogen and oxygen atoms in total. The second-order valence-corrected chi connectivity index (χ2v) is 8.76. The largest absolute Gasteiger partial charge is 0.480 e. The monoisotopic (exact) mass is 460 g/mol. The summed E-state index contributed by atoms with van der Waals surface area (Å²) >= 11 is 0. The number of alkyl halides is 3. The van der Waals surface area contributed by atoms with Crippen LogP contribution in [0, 0.1) is 10.8 Å². The van der Waals surface area contributed by atoms with Gasteiger partial charge in [0.15, 0.2) is 5.69 Å². The predicted octanol–water partition coefficient (Wildman–Crippen LogP) is 2.03. The van der Waals surface area contributed by atoms with Crippen LogP contribution in [0.15, 0.2) is 24.5 Å². The van der Waals surface area contributed by atoms with E-state index >= 15 is 0 Å². The summed E-state index contributed by atoms with van der Waals surface area (Å²) in [6.07, 6.45) is -1.87. The lowest BCUT2D eigenvalue weighted by atomic mass is 9.99. The number of hydrogen-bond acceptors (Lipinski definition) is 8. The molecule has 0 saturated carbocycles. The van der Waals surface area contributed by atoms with Gasteiger partial charge in [-0.3, -0.25) is 10.2 Å². The third kappa shape index (κ3) is 5.25. The highest BCUT2D eigenvalue weighted by atomic mass is 32.2. The number of amides is 1. The van der Waals surface area contributed by atoms with Gasteiger partial charge in [0.05, 0.1) is 18.3 Å². The van der Waals surface area contributed by atoms with Gasteiger partial charge < -0.3 is 10.1 Å². The Morgan fingerprint density at radius 3 is 2.48 bits per heavy atom. The first-order chi connectivity index (χ1) is 14.3. The van der Waals surface area contributed by atoms with Crippen LogP contribution in [-0.2, 0) is 16.2 Å². The van der Waals surface area contributed by atoms with E-state index in [1.165, 1.54) is 21.0 Å². The Labute approximate surface area is 175 Å². The van der Waals surface area contributed by atoms with Gasteiger partial charge in [0.25, 0.3) is 5.91 Å². The summed E-state index contributed by atoms with van der Waals surface area (Å²) in [6.45, 7) is 2.74. The van der Waals surface area contributed by atoms with Crippen LogP contribution in [0.3, 0.4) is 0 Å². The summed E-state index contributed by atoms with van der Waals surface area (Å²) in [5.74, 6) is -3.01. The fourth-order valence-electron chi connectivity index (χ4n) is 2.35. The number of nitrogens with one attached hydrogen (secondary N) is 3. The minimum Gasteiger partial charge on any atom is -0.480 e. The van der Waals surface area contributed by atoms with Gasteiger partial charge in [-0.05, 0) is 31.5 Å². The lowest BCUT2D eigenvalue weighted by Crippen LogP contribution is -2.36. The summed E-state index contributed by atoms with van der Waals surface area (Å²) in [6, 6.07) is 1.83. The summed E-state index contributed by atoms with van der Waals surface area (Å²) in [5, 5.41) is 18.1. The van der Waals surface area contributed by atoms with Gasteiger partial charge in [-0.25, -0.2) is 22.8 Å². The minimum absolute atomic E-state index is 0.0666. The SMILES string of the molecule is COc1ncc(C(C=N)C(=N)n2ccc(C(F)(F)F)n2)cc1C(=O)NS(=O)(=O)C(C)C. The quantitative estimate of drug-likeness (QED) is 0.425. The van der Waals surface area contributed by atoms with Crippen molar-refractivity contribution in [1.82, 2.24) is 19.5 Å². The molecule has 0 radical (unpaired) electrons. The summed E-state index contributed by atoms with van der Waals surface area (Å²) in [7, 11) is -2.77. The molecule has 0 aliphatic carbocycles. The number of carbonyl (C=O) groups excluding carboxylic acids is 1. The number of methoxy groups -OCH3 is 1. The first-order valence-electron chi connectivity index (χ1n) is 8.64. The molecule has 168 valence electrons. The van der Waals surface area contributed by atoms with E-state index in [9.17, 15) is 26.4 Å². The first kappa shape index (κ1) is 24.0. The molecule has 14 heteroatoms. The highest BCUT2D eigenvalue weighted by molar-refractivity contribution is 7.90. The molecule has 1 unspecified atom stereocenters. The van der Waals surface area contributed by atoms with Crippen LogP contribution in [0.4, 0.5) is 13.2 Å². The lowest BCUT2D eigenvalue weighted by Gasteiger charge is -2.16. The summed E-state index contributed by atoms with van der Waals surface area (Å²) in [5.41, 5.74) is -1.44. The average Bonchev–Trinajstić information content (AvgIpc) is 3.18. The number of hydrogen-bond donors (Lipinski definition) is 3. The minimum atomic E-state index is -4.71. The summed E-state index contributed by atoms with van der Waals surface area (Å²) in [4.78, 5) is 16.4. The van der Waals surface area contributed by atoms with Crippen LogP contribution in [0.2, 0.25) is 0 Å². The fraction of sp³-hybridized carbons (Fsp3) is 0.353. The number of sulfonamides is 1. The Kier molecular flexibility index (Phi) is 6.83. The zero-order valence-corrected chi connectivity index (χ0v) is 17.4. The molecular formula is C17H19F3N6O4S. The van der Waals surface area contributed by atoms with Gasteiger partial charge in [-0.15, -0.1) is 0 Å². The molecule has 2 rings (SSSR count). The Balaban J connectivity index is 2.43. The maximum Gasteiger partial charge on any atom is 0.435 e. The van der Waals surface area contributed by atoms with Crippen molar-refractivity contribution in [3.05, 3.63) is 41.3 Å². The van der Waals surface area contributed by atoms with Gasteiger partial charge in [-0.2, -0.15) is 18.3 Å². The maximum absolute atomic E-state index is 12.8. The van der Waals surface area contributed by atoms with Gasteiger partial charge in [0, 0.05) is 18.6 Å². The van der Waals surface area contributed by atoms with Crippen LogP contribution in [0.1, 0.15) is 41.4 Å². The number of halogens is 3. The van der Waals surface area contributed by atoms with Crippen molar-refractivity contribution in [2.45, 2.75) is 31.2 Å². The van der Waals surface area contributed by atoms with E-state index in [0.717, 1.165) is 24.7 Å².